The van der Waals surface area contributed by atoms with E-state index in [1.165, 1.54) is 31.2 Å². The summed E-state index contributed by atoms with van der Waals surface area (Å²) < 4.78 is 9.60. The molecule has 1 aromatic rings. The van der Waals surface area contributed by atoms with Crippen molar-refractivity contribution in [1.29, 1.82) is 0 Å². The Balaban J connectivity index is 2.66. The van der Waals surface area contributed by atoms with Gasteiger partial charge in [-0.3, -0.25) is 19.7 Å². The van der Waals surface area contributed by atoms with Crippen LogP contribution in [-0.4, -0.2) is 23.5 Å². The van der Waals surface area contributed by atoms with Gasteiger partial charge in [0.05, 0.1) is 11.5 Å². The van der Waals surface area contributed by atoms with Crippen molar-refractivity contribution in [1.82, 2.24) is 0 Å². The van der Waals surface area contributed by atoms with Crippen molar-refractivity contribution in [2.24, 2.45) is 5.92 Å². The lowest BCUT2D eigenvalue weighted by Crippen LogP contribution is -2.27. The van der Waals surface area contributed by atoms with Gasteiger partial charge in [-0.2, -0.15) is 0 Å². The molecule has 0 spiro atoms. The molecule has 0 fully saturated rings. The monoisotopic (exact) mass is 267 g/mol. The first-order valence-corrected chi connectivity index (χ1v) is 5.58. The highest BCUT2D eigenvalue weighted by Gasteiger charge is 2.24. The number of rotatable bonds is 5. The predicted octanol–water partition coefficient (Wildman–Crippen LogP) is 1.70. The maximum absolute atomic E-state index is 11.6. The highest BCUT2D eigenvalue weighted by atomic mass is 16.6. The van der Waals surface area contributed by atoms with Gasteiger partial charge >= 0.3 is 11.9 Å². The number of hydrogen-bond donors (Lipinski definition) is 0. The third-order valence-electron chi connectivity index (χ3n) is 2.26. The summed E-state index contributed by atoms with van der Waals surface area (Å²) in [5.41, 5.74) is -0.113. The molecule has 0 saturated heterocycles. The molecule has 0 bridgehead atoms. The van der Waals surface area contributed by atoms with Crippen molar-refractivity contribution in [3.05, 3.63) is 34.4 Å². The first-order chi connectivity index (χ1) is 8.95. The second kappa shape index (κ2) is 6.48. The van der Waals surface area contributed by atoms with Gasteiger partial charge in [0.2, 0.25) is 0 Å². The van der Waals surface area contributed by atoms with Gasteiger partial charge in [0, 0.05) is 12.1 Å². The van der Waals surface area contributed by atoms with E-state index in [0.29, 0.717) is 0 Å². The van der Waals surface area contributed by atoms with Gasteiger partial charge in [0.25, 0.3) is 5.69 Å². The first-order valence-electron chi connectivity index (χ1n) is 5.58. The second-order valence-corrected chi connectivity index (χ2v) is 3.65. The quantitative estimate of drug-likeness (QED) is 0.265. The van der Waals surface area contributed by atoms with E-state index in [9.17, 15) is 19.7 Å². The zero-order chi connectivity index (χ0) is 14.4. The molecule has 1 unspecified atom stereocenters. The Hall–Kier alpha value is -2.44. The minimum Gasteiger partial charge on any atom is -0.465 e. The maximum Gasteiger partial charge on any atom is 0.325 e. The van der Waals surface area contributed by atoms with Crippen molar-refractivity contribution < 1.29 is 24.0 Å². The minimum absolute atomic E-state index is 0.113. The number of ether oxygens (including phenoxy) is 2. The molecule has 0 heterocycles. The normalized spacial score (nSPS) is 11.5. The molecule has 19 heavy (non-hydrogen) atoms. The van der Waals surface area contributed by atoms with E-state index in [4.69, 9.17) is 4.74 Å². The fourth-order valence-corrected chi connectivity index (χ4v) is 1.20. The van der Waals surface area contributed by atoms with Crippen LogP contribution in [0.15, 0.2) is 24.3 Å². The van der Waals surface area contributed by atoms with Crippen LogP contribution < -0.4 is 4.74 Å². The summed E-state index contributed by atoms with van der Waals surface area (Å²) in [6.45, 7) is 3.17. The van der Waals surface area contributed by atoms with Gasteiger partial charge in [-0.1, -0.05) is 0 Å². The van der Waals surface area contributed by atoms with Crippen LogP contribution in [0.3, 0.4) is 0 Å². The van der Waals surface area contributed by atoms with Gasteiger partial charge in [0.1, 0.15) is 5.75 Å². The Morgan fingerprint density at radius 3 is 2.32 bits per heavy atom. The van der Waals surface area contributed by atoms with E-state index >= 15 is 0 Å². The standard InChI is InChI=1S/C12H13NO6/c1-3-18-11(14)8(2)12(15)19-10-6-4-9(5-7-10)13(16)17/h4-8H,3H2,1-2H3. The van der Waals surface area contributed by atoms with E-state index in [-0.39, 0.29) is 18.0 Å². The summed E-state index contributed by atoms with van der Waals surface area (Å²) >= 11 is 0. The Bertz CT molecular complexity index is 481. The summed E-state index contributed by atoms with van der Waals surface area (Å²) in [5, 5.41) is 10.4. The third kappa shape index (κ3) is 4.06. The smallest absolute Gasteiger partial charge is 0.325 e. The maximum atomic E-state index is 11.6. The summed E-state index contributed by atoms with van der Waals surface area (Å²) in [6, 6.07) is 4.98. The van der Waals surface area contributed by atoms with Crippen LogP contribution in [0.25, 0.3) is 0 Å². The molecule has 0 aliphatic carbocycles. The molecular formula is C12H13NO6. The first kappa shape index (κ1) is 14.6. The number of carbonyl (C=O) groups excluding carboxylic acids is 2. The molecule has 1 aromatic carbocycles. The van der Waals surface area contributed by atoms with Crippen LogP contribution in [0.4, 0.5) is 5.69 Å². The average molecular weight is 267 g/mol. The molecule has 0 saturated carbocycles. The number of non-ortho nitro benzene ring substituents is 1. The zero-order valence-electron chi connectivity index (χ0n) is 10.5. The van der Waals surface area contributed by atoms with Crippen LogP contribution in [-0.2, 0) is 14.3 Å². The lowest BCUT2D eigenvalue weighted by Gasteiger charge is -2.09. The van der Waals surface area contributed by atoms with Crippen molar-refractivity contribution in [3.63, 3.8) is 0 Å². The van der Waals surface area contributed by atoms with Crippen LogP contribution in [0.5, 0.6) is 5.75 Å². The number of nitro groups is 1. The highest BCUT2D eigenvalue weighted by molar-refractivity contribution is 5.95. The number of nitrogens with zero attached hydrogens (tertiary/aromatic N) is 1. The molecular weight excluding hydrogens is 254 g/mol. The van der Waals surface area contributed by atoms with Gasteiger partial charge < -0.3 is 9.47 Å². The average Bonchev–Trinajstić information content (AvgIpc) is 2.38. The number of nitro benzene ring substituents is 1. The molecule has 1 rings (SSSR count). The third-order valence-corrected chi connectivity index (χ3v) is 2.26. The predicted molar refractivity (Wildman–Crippen MR) is 64.5 cm³/mol. The fraction of sp³-hybridized carbons (Fsp3) is 0.333. The van der Waals surface area contributed by atoms with E-state index in [2.05, 4.69) is 4.74 Å². The van der Waals surface area contributed by atoms with Gasteiger partial charge in [-0.25, -0.2) is 0 Å². The van der Waals surface area contributed by atoms with Gasteiger partial charge in [0.15, 0.2) is 5.92 Å². The topological polar surface area (TPSA) is 95.7 Å². The van der Waals surface area contributed by atoms with Gasteiger partial charge in [-0.05, 0) is 26.0 Å². The van der Waals surface area contributed by atoms with Crippen LogP contribution in [0.2, 0.25) is 0 Å². The minimum atomic E-state index is -1.05. The fourth-order valence-electron chi connectivity index (χ4n) is 1.20. The Kier molecular flexibility index (Phi) is 4.99. The Labute approximate surface area is 109 Å². The molecule has 0 N–H and O–H groups in total. The molecule has 0 amide bonds. The van der Waals surface area contributed by atoms with E-state index in [1.54, 1.807) is 6.92 Å². The van der Waals surface area contributed by atoms with Gasteiger partial charge in [-0.15, -0.1) is 0 Å². The molecule has 7 heteroatoms. The Morgan fingerprint density at radius 1 is 1.26 bits per heavy atom. The number of carbonyl (C=O) groups is 2. The molecule has 0 aromatic heterocycles. The number of esters is 2. The SMILES string of the molecule is CCOC(=O)C(C)C(=O)Oc1ccc([N+](=O)[O-])cc1. The largest absolute Gasteiger partial charge is 0.465 e. The van der Waals surface area contributed by atoms with Crippen LogP contribution in [0, 0.1) is 16.0 Å². The summed E-state index contributed by atoms with van der Waals surface area (Å²) in [6.07, 6.45) is 0. The van der Waals surface area contributed by atoms with Crippen molar-refractivity contribution >= 4 is 17.6 Å². The lowest BCUT2D eigenvalue weighted by molar-refractivity contribution is -0.384. The summed E-state index contributed by atoms with van der Waals surface area (Å²) in [4.78, 5) is 32.8. The van der Waals surface area contributed by atoms with Crippen molar-refractivity contribution in [2.45, 2.75) is 13.8 Å². The molecule has 0 aliphatic heterocycles. The molecule has 102 valence electrons. The van der Waals surface area contributed by atoms with Crippen molar-refractivity contribution in [3.8, 4) is 5.75 Å². The molecule has 0 radical (unpaired) electrons. The van der Waals surface area contributed by atoms with Crippen molar-refractivity contribution in [2.75, 3.05) is 6.61 Å². The molecule has 0 aliphatic rings. The molecule has 1 atom stereocenters. The lowest BCUT2D eigenvalue weighted by atomic mass is 10.2. The van der Waals surface area contributed by atoms with E-state index in [0.717, 1.165) is 0 Å². The second-order valence-electron chi connectivity index (χ2n) is 3.65. The number of hydrogen-bond acceptors (Lipinski definition) is 6. The summed E-state index contributed by atoms with van der Waals surface area (Å²) in [7, 11) is 0. The van der Waals surface area contributed by atoms with Crippen LogP contribution in [0.1, 0.15) is 13.8 Å². The molecule has 7 nitrogen and oxygen atoms in total. The zero-order valence-corrected chi connectivity index (χ0v) is 10.5. The highest BCUT2D eigenvalue weighted by Crippen LogP contribution is 2.18. The Morgan fingerprint density at radius 2 is 1.84 bits per heavy atom. The summed E-state index contributed by atoms with van der Waals surface area (Å²) in [5.74, 6) is -2.36. The van der Waals surface area contributed by atoms with E-state index < -0.39 is 22.8 Å². The van der Waals surface area contributed by atoms with E-state index in [1.807, 2.05) is 0 Å². The van der Waals surface area contributed by atoms with Crippen LogP contribution >= 0.6 is 0 Å². The number of benzene rings is 1.